The van der Waals surface area contributed by atoms with Gasteiger partial charge in [-0.05, 0) is 30.9 Å². The standard InChI is InChI=1S/C18H27N3O3S/c1-13(2)16-18(8-4-5-9-18)12-21(16)17(22)20-11-14-15(25(3,23)24)7-6-10-19-14/h6-7,10,13,16H,4-5,8-9,11-12H2,1-3H3,(H,20,22). The third-order valence-electron chi connectivity index (χ3n) is 5.60. The molecule has 0 aromatic carbocycles. The van der Waals surface area contributed by atoms with Gasteiger partial charge in [-0.2, -0.15) is 0 Å². The van der Waals surface area contributed by atoms with E-state index in [2.05, 4.69) is 24.1 Å². The summed E-state index contributed by atoms with van der Waals surface area (Å²) in [5, 5.41) is 2.86. The number of carbonyl (C=O) groups excluding carboxylic acids is 1. The van der Waals surface area contributed by atoms with Gasteiger partial charge in [-0.3, -0.25) is 4.98 Å². The maximum absolute atomic E-state index is 12.7. The number of sulfone groups is 1. The lowest BCUT2D eigenvalue weighted by molar-refractivity contribution is -0.0616. The Kier molecular flexibility index (Phi) is 4.79. The Morgan fingerprint density at radius 3 is 2.68 bits per heavy atom. The largest absolute Gasteiger partial charge is 0.332 e. The molecule has 1 N–H and O–H groups in total. The number of rotatable bonds is 4. The van der Waals surface area contributed by atoms with E-state index in [1.54, 1.807) is 12.3 Å². The Bertz CT molecular complexity index is 755. The van der Waals surface area contributed by atoms with Gasteiger partial charge in [-0.1, -0.05) is 26.7 Å². The zero-order chi connectivity index (χ0) is 18.2. The second-order valence-electron chi connectivity index (χ2n) is 7.77. The lowest BCUT2D eigenvalue weighted by Crippen LogP contribution is -2.68. The molecule has 0 bridgehead atoms. The summed E-state index contributed by atoms with van der Waals surface area (Å²) in [6, 6.07) is 3.27. The second kappa shape index (κ2) is 6.59. The predicted molar refractivity (Wildman–Crippen MR) is 95.8 cm³/mol. The molecule has 3 rings (SSSR count). The van der Waals surface area contributed by atoms with Crippen LogP contribution in [0.5, 0.6) is 0 Å². The molecule has 25 heavy (non-hydrogen) atoms. The van der Waals surface area contributed by atoms with Gasteiger partial charge in [0.25, 0.3) is 0 Å². The maximum Gasteiger partial charge on any atom is 0.318 e. The number of aromatic nitrogens is 1. The number of amides is 2. The van der Waals surface area contributed by atoms with Crippen LogP contribution in [0.2, 0.25) is 0 Å². The molecule has 2 aliphatic rings. The van der Waals surface area contributed by atoms with Crippen LogP contribution in [0, 0.1) is 11.3 Å². The fourth-order valence-electron chi connectivity index (χ4n) is 4.70. The number of nitrogens with one attached hydrogen (secondary N) is 1. The summed E-state index contributed by atoms with van der Waals surface area (Å²) < 4.78 is 23.7. The van der Waals surface area contributed by atoms with E-state index in [0.29, 0.717) is 17.0 Å². The summed E-state index contributed by atoms with van der Waals surface area (Å²) >= 11 is 0. The van der Waals surface area contributed by atoms with E-state index in [1.807, 2.05) is 4.90 Å². The maximum atomic E-state index is 12.7. The van der Waals surface area contributed by atoms with Gasteiger partial charge in [0.1, 0.15) is 0 Å². The summed E-state index contributed by atoms with van der Waals surface area (Å²) in [4.78, 5) is 18.9. The molecule has 1 aromatic heterocycles. The van der Waals surface area contributed by atoms with Crippen molar-refractivity contribution in [3.63, 3.8) is 0 Å². The Labute approximate surface area is 149 Å². The highest BCUT2D eigenvalue weighted by molar-refractivity contribution is 7.90. The van der Waals surface area contributed by atoms with Crippen molar-refractivity contribution in [2.75, 3.05) is 12.8 Å². The van der Waals surface area contributed by atoms with E-state index < -0.39 is 9.84 Å². The molecule has 2 heterocycles. The fourth-order valence-corrected chi connectivity index (χ4v) is 5.58. The molecule has 0 radical (unpaired) electrons. The van der Waals surface area contributed by atoms with Gasteiger partial charge >= 0.3 is 6.03 Å². The van der Waals surface area contributed by atoms with Gasteiger partial charge < -0.3 is 10.2 Å². The molecule has 1 aliphatic heterocycles. The van der Waals surface area contributed by atoms with E-state index in [9.17, 15) is 13.2 Å². The first-order valence-corrected chi connectivity index (χ1v) is 10.8. The van der Waals surface area contributed by atoms with E-state index >= 15 is 0 Å². The highest BCUT2D eigenvalue weighted by atomic mass is 32.2. The van der Waals surface area contributed by atoms with E-state index in [4.69, 9.17) is 0 Å². The van der Waals surface area contributed by atoms with Crippen molar-refractivity contribution in [1.29, 1.82) is 0 Å². The van der Waals surface area contributed by atoms with Crippen molar-refractivity contribution >= 4 is 15.9 Å². The van der Waals surface area contributed by atoms with Crippen molar-refractivity contribution in [1.82, 2.24) is 15.2 Å². The lowest BCUT2D eigenvalue weighted by atomic mass is 9.66. The number of pyridine rings is 1. The van der Waals surface area contributed by atoms with Gasteiger partial charge in [0.05, 0.1) is 17.1 Å². The molecule has 1 aromatic rings. The number of hydrogen-bond acceptors (Lipinski definition) is 4. The normalized spacial score (nSPS) is 22.2. The van der Waals surface area contributed by atoms with Gasteiger partial charge in [0, 0.05) is 30.5 Å². The SMILES string of the molecule is CC(C)C1N(C(=O)NCc2ncccc2S(C)(=O)=O)CC12CCCC2. The minimum atomic E-state index is -3.36. The number of hydrogen-bond donors (Lipinski definition) is 1. The molecule has 138 valence electrons. The molecule has 1 saturated carbocycles. The number of carbonyl (C=O) groups is 1. The molecular weight excluding hydrogens is 338 g/mol. The van der Waals surface area contributed by atoms with Crippen LogP contribution in [0.25, 0.3) is 0 Å². The van der Waals surface area contributed by atoms with Crippen LogP contribution >= 0.6 is 0 Å². The minimum absolute atomic E-state index is 0.121. The van der Waals surface area contributed by atoms with Gasteiger partial charge in [-0.25, -0.2) is 13.2 Å². The van der Waals surface area contributed by atoms with E-state index in [-0.39, 0.29) is 23.5 Å². The van der Waals surface area contributed by atoms with Gasteiger partial charge in [0.2, 0.25) is 0 Å². The lowest BCUT2D eigenvalue weighted by Gasteiger charge is -2.58. The van der Waals surface area contributed by atoms with Gasteiger partial charge in [-0.15, -0.1) is 0 Å². The van der Waals surface area contributed by atoms with Gasteiger partial charge in [0.15, 0.2) is 9.84 Å². The van der Waals surface area contributed by atoms with Crippen molar-refractivity contribution in [2.24, 2.45) is 11.3 Å². The van der Waals surface area contributed by atoms with Crippen LogP contribution in [-0.2, 0) is 16.4 Å². The first kappa shape index (κ1) is 18.2. The summed E-state index contributed by atoms with van der Waals surface area (Å²) in [5.41, 5.74) is 0.685. The Morgan fingerprint density at radius 2 is 2.08 bits per heavy atom. The third-order valence-corrected chi connectivity index (χ3v) is 6.77. The van der Waals surface area contributed by atoms with Crippen LogP contribution < -0.4 is 5.32 Å². The molecule has 2 fully saturated rings. The number of likely N-dealkylation sites (tertiary alicyclic amines) is 1. The quantitative estimate of drug-likeness (QED) is 0.889. The second-order valence-corrected chi connectivity index (χ2v) is 9.75. The monoisotopic (exact) mass is 365 g/mol. The topological polar surface area (TPSA) is 79.4 Å². The number of urea groups is 1. The predicted octanol–water partition coefficient (Wildman–Crippen LogP) is 2.60. The van der Waals surface area contributed by atoms with Crippen LogP contribution in [0.3, 0.4) is 0 Å². The third kappa shape index (κ3) is 3.38. The Morgan fingerprint density at radius 1 is 1.40 bits per heavy atom. The van der Waals surface area contributed by atoms with Crippen LogP contribution in [0.15, 0.2) is 23.2 Å². The molecule has 2 amide bonds. The van der Waals surface area contributed by atoms with Crippen molar-refractivity contribution in [2.45, 2.75) is 57.0 Å². The van der Waals surface area contributed by atoms with Crippen molar-refractivity contribution in [3.8, 4) is 0 Å². The van der Waals surface area contributed by atoms with E-state index in [0.717, 1.165) is 12.8 Å². The summed E-state index contributed by atoms with van der Waals surface area (Å²) in [6.45, 7) is 5.27. The molecule has 1 atom stereocenters. The van der Waals surface area contributed by atoms with Crippen LogP contribution in [-0.4, -0.2) is 43.2 Å². The highest BCUT2D eigenvalue weighted by Crippen LogP contribution is 2.52. The summed E-state index contributed by atoms with van der Waals surface area (Å²) in [7, 11) is -3.36. The molecule has 1 unspecified atom stereocenters. The minimum Gasteiger partial charge on any atom is -0.332 e. The highest BCUT2D eigenvalue weighted by Gasteiger charge is 2.56. The average Bonchev–Trinajstić information content (AvgIpc) is 3.00. The molecule has 6 nitrogen and oxygen atoms in total. The fraction of sp³-hybridized carbons (Fsp3) is 0.667. The zero-order valence-electron chi connectivity index (χ0n) is 15.2. The zero-order valence-corrected chi connectivity index (χ0v) is 16.0. The molecule has 1 saturated heterocycles. The van der Waals surface area contributed by atoms with Crippen LogP contribution in [0.4, 0.5) is 4.79 Å². The van der Waals surface area contributed by atoms with Crippen molar-refractivity contribution < 1.29 is 13.2 Å². The molecule has 1 spiro atoms. The Hall–Kier alpha value is -1.63. The smallest absolute Gasteiger partial charge is 0.318 e. The first-order chi connectivity index (χ1) is 11.7. The summed E-state index contributed by atoms with van der Waals surface area (Å²) in [5.74, 6) is 0.416. The molecule has 1 aliphatic carbocycles. The molecular formula is C18H27N3O3S. The number of nitrogens with zero attached hydrogens (tertiary/aromatic N) is 2. The molecule has 7 heteroatoms. The Balaban J connectivity index is 1.68. The van der Waals surface area contributed by atoms with E-state index in [1.165, 1.54) is 31.7 Å². The van der Waals surface area contributed by atoms with Crippen LogP contribution in [0.1, 0.15) is 45.2 Å². The van der Waals surface area contributed by atoms with Crippen molar-refractivity contribution in [3.05, 3.63) is 24.0 Å². The average molecular weight is 365 g/mol. The first-order valence-electron chi connectivity index (χ1n) is 8.93. The summed E-state index contributed by atoms with van der Waals surface area (Å²) in [6.07, 6.45) is 7.62.